The fourth-order valence-electron chi connectivity index (χ4n) is 1.46. The van der Waals surface area contributed by atoms with E-state index >= 15 is 0 Å². The molecule has 0 fully saturated rings. The smallest absolute Gasteiger partial charge is 0.251 e. The standard InChI is InChI=1S/C12H12IN3O/c1-8(10-6-14-15-7-10)16-12(17)9-2-4-11(13)5-3-9/h2-8H,1H3,(H,14,15)(H,16,17). The molecule has 1 atom stereocenters. The summed E-state index contributed by atoms with van der Waals surface area (Å²) in [6.45, 7) is 1.93. The maximum absolute atomic E-state index is 11.9. The van der Waals surface area contributed by atoms with E-state index in [-0.39, 0.29) is 11.9 Å². The van der Waals surface area contributed by atoms with Crippen LogP contribution in [0.3, 0.4) is 0 Å². The van der Waals surface area contributed by atoms with Gasteiger partial charge in [-0.25, -0.2) is 0 Å². The zero-order valence-electron chi connectivity index (χ0n) is 9.27. The molecule has 2 N–H and O–H groups in total. The summed E-state index contributed by atoms with van der Waals surface area (Å²) in [5, 5.41) is 9.50. The summed E-state index contributed by atoms with van der Waals surface area (Å²) in [7, 11) is 0. The summed E-state index contributed by atoms with van der Waals surface area (Å²) < 4.78 is 1.11. The predicted molar refractivity (Wildman–Crippen MR) is 73.6 cm³/mol. The fourth-order valence-corrected chi connectivity index (χ4v) is 1.82. The molecule has 0 aliphatic carbocycles. The second kappa shape index (κ2) is 5.31. The monoisotopic (exact) mass is 341 g/mol. The van der Waals surface area contributed by atoms with E-state index in [4.69, 9.17) is 0 Å². The molecule has 0 aliphatic rings. The van der Waals surface area contributed by atoms with Crippen molar-refractivity contribution in [3.05, 3.63) is 51.4 Å². The molecule has 17 heavy (non-hydrogen) atoms. The number of carbonyl (C=O) groups is 1. The lowest BCUT2D eigenvalue weighted by Gasteiger charge is -2.11. The molecule has 1 aromatic carbocycles. The molecule has 1 aromatic heterocycles. The highest BCUT2D eigenvalue weighted by atomic mass is 127. The second-order valence-electron chi connectivity index (χ2n) is 3.73. The first-order valence-electron chi connectivity index (χ1n) is 5.22. The number of rotatable bonds is 3. The number of hydrogen-bond acceptors (Lipinski definition) is 2. The molecule has 0 saturated carbocycles. The lowest BCUT2D eigenvalue weighted by Crippen LogP contribution is -2.26. The van der Waals surface area contributed by atoms with E-state index in [0.717, 1.165) is 9.13 Å². The SMILES string of the molecule is CC(NC(=O)c1ccc(I)cc1)c1cn[nH]c1. The van der Waals surface area contributed by atoms with Gasteiger partial charge in [0, 0.05) is 20.9 Å². The Morgan fingerprint density at radius 3 is 2.71 bits per heavy atom. The number of halogens is 1. The molecule has 1 unspecified atom stereocenters. The van der Waals surface area contributed by atoms with Crippen LogP contribution in [0.5, 0.6) is 0 Å². The van der Waals surface area contributed by atoms with Crippen molar-refractivity contribution in [2.75, 3.05) is 0 Å². The van der Waals surface area contributed by atoms with Crippen LogP contribution in [0.2, 0.25) is 0 Å². The van der Waals surface area contributed by atoms with Gasteiger partial charge in [0.1, 0.15) is 0 Å². The molecule has 2 rings (SSSR count). The molecule has 88 valence electrons. The third-order valence-electron chi connectivity index (χ3n) is 2.47. The van der Waals surface area contributed by atoms with E-state index in [1.165, 1.54) is 0 Å². The van der Waals surface area contributed by atoms with E-state index in [2.05, 4.69) is 38.1 Å². The molecule has 0 radical (unpaired) electrons. The molecule has 2 aromatic rings. The summed E-state index contributed by atoms with van der Waals surface area (Å²) in [5.74, 6) is -0.0740. The largest absolute Gasteiger partial charge is 0.345 e. The predicted octanol–water partition coefficient (Wildman–Crippen LogP) is 2.51. The number of benzene rings is 1. The zero-order valence-corrected chi connectivity index (χ0v) is 11.4. The Morgan fingerprint density at radius 1 is 1.41 bits per heavy atom. The molecule has 0 bridgehead atoms. The van der Waals surface area contributed by atoms with Crippen molar-refractivity contribution in [3.63, 3.8) is 0 Å². The number of carbonyl (C=O) groups excluding carboxylic acids is 1. The van der Waals surface area contributed by atoms with Crippen LogP contribution in [0.25, 0.3) is 0 Å². The van der Waals surface area contributed by atoms with E-state index in [9.17, 15) is 4.79 Å². The van der Waals surface area contributed by atoms with Crippen LogP contribution in [0.4, 0.5) is 0 Å². The number of aromatic amines is 1. The third-order valence-corrected chi connectivity index (χ3v) is 3.19. The summed E-state index contributed by atoms with van der Waals surface area (Å²) >= 11 is 2.21. The lowest BCUT2D eigenvalue weighted by molar-refractivity contribution is 0.0940. The van der Waals surface area contributed by atoms with Crippen molar-refractivity contribution in [3.8, 4) is 0 Å². The minimum atomic E-state index is -0.0740. The van der Waals surface area contributed by atoms with E-state index in [1.807, 2.05) is 31.2 Å². The van der Waals surface area contributed by atoms with Crippen molar-refractivity contribution >= 4 is 28.5 Å². The van der Waals surface area contributed by atoms with Gasteiger partial charge in [0.2, 0.25) is 0 Å². The van der Waals surface area contributed by atoms with Gasteiger partial charge in [-0.05, 0) is 53.8 Å². The first kappa shape index (κ1) is 12.1. The van der Waals surface area contributed by atoms with Crippen LogP contribution in [0, 0.1) is 3.57 Å². The molecule has 0 saturated heterocycles. The number of nitrogens with zero attached hydrogens (tertiary/aromatic N) is 1. The maximum atomic E-state index is 11.9. The van der Waals surface area contributed by atoms with Crippen LogP contribution >= 0.6 is 22.6 Å². The molecule has 1 heterocycles. The topological polar surface area (TPSA) is 57.8 Å². The van der Waals surface area contributed by atoms with Gasteiger partial charge in [-0.15, -0.1) is 0 Å². The van der Waals surface area contributed by atoms with Crippen LogP contribution in [-0.4, -0.2) is 16.1 Å². The molecule has 5 heteroatoms. The highest BCUT2D eigenvalue weighted by Crippen LogP contribution is 2.11. The number of H-pyrrole nitrogens is 1. The third kappa shape index (κ3) is 3.06. The van der Waals surface area contributed by atoms with E-state index < -0.39 is 0 Å². The van der Waals surface area contributed by atoms with Gasteiger partial charge in [0.15, 0.2) is 0 Å². The quantitative estimate of drug-likeness (QED) is 0.843. The maximum Gasteiger partial charge on any atom is 0.251 e. The van der Waals surface area contributed by atoms with Crippen molar-refractivity contribution in [1.29, 1.82) is 0 Å². The first-order chi connectivity index (χ1) is 8.16. The van der Waals surface area contributed by atoms with Crippen LogP contribution in [-0.2, 0) is 0 Å². The Kier molecular flexibility index (Phi) is 3.78. The Labute approximate surface area is 113 Å². The van der Waals surface area contributed by atoms with Gasteiger partial charge < -0.3 is 5.32 Å². The van der Waals surface area contributed by atoms with E-state index in [1.54, 1.807) is 12.4 Å². The van der Waals surface area contributed by atoms with Crippen molar-refractivity contribution in [2.45, 2.75) is 13.0 Å². The highest BCUT2D eigenvalue weighted by Gasteiger charge is 2.11. The van der Waals surface area contributed by atoms with Gasteiger partial charge in [0.05, 0.1) is 12.2 Å². The molecule has 4 nitrogen and oxygen atoms in total. The Balaban J connectivity index is 2.04. The Hall–Kier alpha value is -1.37. The molecule has 0 aliphatic heterocycles. The summed E-state index contributed by atoms with van der Waals surface area (Å²) in [6, 6.07) is 7.41. The molecular formula is C12H12IN3O. The summed E-state index contributed by atoms with van der Waals surface area (Å²) in [6.07, 6.45) is 3.48. The molecule has 1 amide bonds. The first-order valence-corrected chi connectivity index (χ1v) is 6.30. The van der Waals surface area contributed by atoms with Gasteiger partial charge in [-0.1, -0.05) is 0 Å². The zero-order chi connectivity index (χ0) is 12.3. The number of amides is 1. The number of hydrogen-bond donors (Lipinski definition) is 2. The van der Waals surface area contributed by atoms with Crippen LogP contribution < -0.4 is 5.32 Å². The van der Waals surface area contributed by atoms with Crippen molar-refractivity contribution in [2.24, 2.45) is 0 Å². The number of aromatic nitrogens is 2. The minimum Gasteiger partial charge on any atom is -0.345 e. The van der Waals surface area contributed by atoms with Crippen molar-refractivity contribution in [1.82, 2.24) is 15.5 Å². The minimum absolute atomic E-state index is 0.0551. The van der Waals surface area contributed by atoms with E-state index in [0.29, 0.717) is 5.56 Å². The van der Waals surface area contributed by atoms with Gasteiger partial charge in [0.25, 0.3) is 5.91 Å². The fraction of sp³-hybridized carbons (Fsp3) is 0.167. The van der Waals surface area contributed by atoms with Gasteiger partial charge >= 0.3 is 0 Å². The van der Waals surface area contributed by atoms with Crippen LogP contribution in [0.1, 0.15) is 28.9 Å². The summed E-state index contributed by atoms with van der Waals surface area (Å²) in [5.41, 5.74) is 1.63. The van der Waals surface area contributed by atoms with Crippen molar-refractivity contribution < 1.29 is 4.79 Å². The normalized spacial score (nSPS) is 12.1. The lowest BCUT2D eigenvalue weighted by atomic mass is 10.1. The van der Waals surface area contributed by atoms with Gasteiger partial charge in [-0.2, -0.15) is 5.10 Å². The molecular weight excluding hydrogens is 329 g/mol. The van der Waals surface area contributed by atoms with Crippen LogP contribution in [0.15, 0.2) is 36.7 Å². The Bertz CT molecular complexity index is 493. The average molecular weight is 341 g/mol. The summed E-state index contributed by atoms with van der Waals surface area (Å²) in [4.78, 5) is 11.9. The van der Waals surface area contributed by atoms with Gasteiger partial charge in [-0.3, -0.25) is 9.89 Å². The highest BCUT2D eigenvalue weighted by molar-refractivity contribution is 14.1. The number of nitrogens with one attached hydrogen (secondary N) is 2. The second-order valence-corrected chi connectivity index (χ2v) is 4.98. The molecule has 0 spiro atoms. The Morgan fingerprint density at radius 2 is 2.12 bits per heavy atom. The average Bonchev–Trinajstić information content (AvgIpc) is 2.83.